The molecular formula is C22H26BNO6. The maximum atomic E-state index is 12.4. The molecule has 1 N–H and O–H groups in total. The summed E-state index contributed by atoms with van der Waals surface area (Å²) in [6.07, 6.45) is -0.654. The largest absolute Gasteiger partial charge is 0.496 e. The number of carbonyl (C=O) groups is 2. The summed E-state index contributed by atoms with van der Waals surface area (Å²) in [5.41, 5.74) is 0.985. The molecule has 3 rings (SSSR count). The van der Waals surface area contributed by atoms with Gasteiger partial charge in [-0.25, -0.2) is 9.59 Å². The second kappa shape index (κ2) is 8.49. The van der Waals surface area contributed by atoms with Gasteiger partial charge in [-0.15, -0.1) is 0 Å². The molecule has 30 heavy (non-hydrogen) atoms. The van der Waals surface area contributed by atoms with Crippen LogP contribution in [0.3, 0.4) is 0 Å². The minimum absolute atomic E-state index is 0.120. The number of benzene rings is 2. The van der Waals surface area contributed by atoms with Gasteiger partial charge in [0.05, 0.1) is 23.9 Å². The molecule has 1 aliphatic heterocycles. The van der Waals surface area contributed by atoms with Gasteiger partial charge in [-0.3, -0.25) is 5.32 Å². The quantitative estimate of drug-likeness (QED) is 0.599. The molecule has 2 aromatic carbocycles. The summed E-state index contributed by atoms with van der Waals surface area (Å²) >= 11 is 0. The molecule has 0 aromatic heterocycles. The number of hydrogen-bond donors (Lipinski definition) is 1. The Hall–Kier alpha value is -2.84. The first-order valence-electron chi connectivity index (χ1n) is 9.68. The molecule has 0 atom stereocenters. The maximum absolute atomic E-state index is 12.4. The minimum atomic E-state index is -0.717. The lowest BCUT2D eigenvalue weighted by Crippen LogP contribution is -2.41. The smallest absolute Gasteiger partial charge is 0.465 e. The topological polar surface area (TPSA) is 83.1 Å². The van der Waals surface area contributed by atoms with Gasteiger partial charge in [0.1, 0.15) is 6.61 Å². The number of methoxy groups -OCH3 is 1. The van der Waals surface area contributed by atoms with Gasteiger partial charge in [0.25, 0.3) is 0 Å². The molecule has 0 spiro atoms. The van der Waals surface area contributed by atoms with Crippen molar-refractivity contribution >= 4 is 30.3 Å². The average molecular weight is 411 g/mol. The first kappa shape index (κ1) is 21.9. The Balaban J connectivity index is 1.83. The Bertz CT molecular complexity index is 912. The maximum Gasteiger partial charge on any atom is 0.496 e. The first-order valence-corrected chi connectivity index (χ1v) is 9.68. The number of esters is 1. The van der Waals surface area contributed by atoms with Crippen molar-refractivity contribution in [3.8, 4) is 0 Å². The fourth-order valence-electron chi connectivity index (χ4n) is 2.95. The molecule has 158 valence electrons. The third kappa shape index (κ3) is 4.66. The summed E-state index contributed by atoms with van der Waals surface area (Å²) in [6.45, 7) is 7.89. The fourth-order valence-corrected chi connectivity index (χ4v) is 2.95. The first-order chi connectivity index (χ1) is 14.1. The molecular weight excluding hydrogens is 385 g/mol. The van der Waals surface area contributed by atoms with E-state index in [9.17, 15) is 9.59 Å². The lowest BCUT2D eigenvalue weighted by molar-refractivity contribution is 0.00578. The highest BCUT2D eigenvalue weighted by Crippen LogP contribution is 2.37. The molecule has 8 heteroatoms. The van der Waals surface area contributed by atoms with E-state index in [1.807, 2.05) is 58.0 Å². The molecule has 0 unspecified atom stereocenters. The standard InChI is InChI=1S/C22H26BNO6/c1-21(2)22(3,4)30-23(29-21)17-12-11-16(19(25)27-5)13-18(17)24-20(26)28-14-15-9-7-6-8-10-15/h6-13H,14H2,1-5H3,(H,24,26). The molecule has 2 aromatic rings. The van der Waals surface area contributed by atoms with Crippen molar-refractivity contribution < 1.29 is 28.4 Å². The van der Waals surface area contributed by atoms with Crippen molar-refractivity contribution in [1.29, 1.82) is 0 Å². The summed E-state index contributed by atoms with van der Waals surface area (Å²) in [5.74, 6) is -0.517. The second-order valence-electron chi connectivity index (χ2n) is 8.07. The number of anilines is 1. The third-order valence-electron chi connectivity index (χ3n) is 5.43. The number of hydrogen-bond acceptors (Lipinski definition) is 6. The van der Waals surface area contributed by atoms with Crippen LogP contribution in [0.2, 0.25) is 0 Å². The van der Waals surface area contributed by atoms with Gasteiger partial charge in [0, 0.05) is 11.2 Å². The summed E-state index contributed by atoms with van der Waals surface area (Å²) in [6, 6.07) is 14.2. The van der Waals surface area contributed by atoms with E-state index in [1.54, 1.807) is 12.1 Å². The minimum Gasteiger partial charge on any atom is -0.465 e. The van der Waals surface area contributed by atoms with E-state index in [0.29, 0.717) is 11.2 Å². The Labute approximate surface area is 176 Å². The molecule has 7 nitrogen and oxygen atoms in total. The lowest BCUT2D eigenvalue weighted by Gasteiger charge is -2.32. The molecule has 0 aliphatic carbocycles. The zero-order valence-corrected chi connectivity index (χ0v) is 17.9. The number of rotatable bonds is 5. The molecule has 1 aliphatic rings. The van der Waals surface area contributed by atoms with Gasteiger partial charge in [-0.1, -0.05) is 36.4 Å². The molecule has 1 saturated heterocycles. The van der Waals surface area contributed by atoms with Gasteiger partial charge < -0.3 is 18.8 Å². The highest BCUT2D eigenvalue weighted by molar-refractivity contribution is 6.64. The Morgan fingerprint density at radius 3 is 2.23 bits per heavy atom. The van der Waals surface area contributed by atoms with Crippen LogP contribution in [0.25, 0.3) is 0 Å². The molecule has 0 saturated carbocycles. The van der Waals surface area contributed by atoms with Crippen LogP contribution in [-0.2, 0) is 25.4 Å². The SMILES string of the molecule is COC(=O)c1ccc(B2OC(C)(C)C(C)(C)O2)c(NC(=O)OCc2ccccc2)c1. The lowest BCUT2D eigenvalue weighted by atomic mass is 9.77. The van der Waals surface area contributed by atoms with Crippen molar-refractivity contribution in [2.24, 2.45) is 0 Å². The monoisotopic (exact) mass is 411 g/mol. The zero-order valence-electron chi connectivity index (χ0n) is 17.9. The van der Waals surface area contributed by atoms with E-state index < -0.39 is 30.4 Å². The van der Waals surface area contributed by atoms with E-state index in [4.69, 9.17) is 18.8 Å². The van der Waals surface area contributed by atoms with E-state index in [1.165, 1.54) is 13.2 Å². The van der Waals surface area contributed by atoms with Crippen molar-refractivity contribution in [3.05, 3.63) is 59.7 Å². The van der Waals surface area contributed by atoms with Gasteiger partial charge in [0.2, 0.25) is 0 Å². The summed E-state index contributed by atoms with van der Waals surface area (Å²) in [7, 11) is 0.581. The molecule has 1 amide bonds. The van der Waals surface area contributed by atoms with Crippen molar-refractivity contribution in [2.75, 3.05) is 12.4 Å². The normalized spacial score (nSPS) is 16.8. The van der Waals surface area contributed by atoms with Crippen molar-refractivity contribution in [1.82, 2.24) is 0 Å². The van der Waals surface area contributed by atoms with E-state index in [-0.39, 0.29) is 12.2 Å². The Morgan fingerprint density at radius 2 is 1.63 bits per heavy atom. The highest BCUT2D eigenvalue weighted by Gasteiger charge is 2.52. The van der Waals surface area contributed by atoms with Crippen LogP contribution < -0.4 is 10.8 Å². The predicted molar refractivity (Wildman–Crippen MR) is 114 cm³/mol. The molecule has 1 heterocycles. The van der Waals surface area contributed by atoms with Gasteiger partial charge in [0.15, 0.2) is 0 Å². The molecule has 0 bridgehead atoms. The van der Waals surface area contributed by atoms with Gasteiger partial charge in [-0.2, -0.15) is 0 Å². The number of ether oxygens (including phenoxy) is 2. The van der Waals surface area contributed by atoms with E-state index >= 15 is 0 Å². The number of carbonyl (C=O) groups excluding carboxylic acids is 2. The van der Waals surface area contributed by atoms with Crippen LogP contribution >= 0.6 is 0 Å². The van der Waals surface area contributed by atoms with Crippen LogP contribution in [0.4, 0.5) is 10.5 Å². The van der Waals surface area contributed by atoms with E-state index in [0.717, 1.165) is 5.56 Å². The van der Waals surface area contributed by atoms with Crippen molar-refractivity contribution in [2.45, 2.75) is 45.5 Å². The Morgan fingerprint density at radius 1 is 1.00 bits per heavy atom. The van der Waals surface area contributed by atoms with Crippen LogP contribution in [0.1, 0.15) is 43.6 Å². The predicted octanol–water partition coefficient (Wildman–Crippen LogP) is 3.52. The second-order valence-corrected chi connectivity index (χ2v) is 8.07. The summed E-state index contributed by atoms with van der Waals surface area (Å²) < 4.78 is 22.3. The average Bonchev–Trinajstić information content (AvgIpc) is 2.93. The summed E-state index contributed by atoms with van der Waals surface area (Å²) in [5, 5.41) is 2.70. The van der Waals surface area contributed by atoms with Crippen LogP contribution in [-0.4, -0.2) is 37.5 Å². The van der Waals surface area contributed by atoms with Crippen molar-refractivity contribution in [3.63, 3.8) is 0 Å². The zero-order chi connectivity index (χ0) is 21.9. The third-order valence-corrected chi connectivity index (χ3v) is 5.43. The van der Waals surface area contributed by atoms with Crippen LogP contribution in [0, 0.1) is 0 Å². The van der Waals surface area contributed by atoms with Gasteiger partial charge in [-0.05, 0) is 45.4 Å². The summed E-state index contributed by atoms with van der Waals surface area (Å²) in [4.78, 5) is 24.4. The van der Waals surface area contributed by atoms with Crippen LogP contribution in [0.15, 0.2) is 48.5 Å². The van der Waals surface area contributed by atoms with Gasteiger partial charge >= 0.3 is 19.2 Å². The highest BCUT2D eigenvalue weighted by atomic mass is 16.7. The van der Waals surface area contributed by atoms with Crippen LogP contribution in [0.5, 0.6) is 0 Å². The number of nitrogens with one attached hydrogen (secondary N) is 1. The molecule has 1 fully saturated rings. The van der Waals surface area contributed by atoms with E-state index in [2.05, 4.69) is 5.32 Å². The fraction of sp³-hybridized carbons (Fsp3) is 0.364. The Kier molecular flexibility index (Phi) is 6.19. The molecule has 0 radical (unpaired) electrons. The number of amides is 1.